The van der Waals surface area contributed by atoms with E-state index >= 15 is 0 Å². The van der Waals surface area contributed by atoms with Crippen LogP contribution in [-0.4, -0.2) is 34.6 Å². The molecule has 1 amide bonds. The lowest BCUT2D eigenvalue weighted by atomic mass is 9.98. The highest BCUT2D eigenvalue weighted by Crippen LogP contribution is 2.23. The summed E-state index contributed by atoms with van der Waals surface area (Å²) >= 11 is 5.91. The van der Waals surface area contributed by atoms with E-state index in [0.29, 0.717) is 30.1 Å². The third-order valence-corrected chi connectivity index (χ3v) is 4.00. The molecule has 1 unspecified atom stereocenters. The van der Waals surface area contributed by atoms with E-state index in [1.165, 1.54) is 0 Å². The summed E-state index contributed by atoms with van der Waals surface area (Å²) in [4.78, 5) is 14.3. The Morgan fingerprint density at radius 1 is 1.37 bits per heavy atom. The van der Waals surface area contributed by atoms with Crippen molar-refractivity contribution in [2.24, 2.45) is 0 Å². The molecule has 4 heteroatoms. The molecule has 0 aliphatic carbocycles. The summed E-state index contributed by atoms with van der Waals surface area (Å²) in [7, 11) is 0. The highest BCUT2D eigenvalue weighted by atomic mass is 35.5. The van der Waals surface area contributed by atoms with Gasteiger partial charge in [0.05, 0.1) is 5.60 Å². The van der Waals surface area contributed by atoms with Crippen LogP contribution in [0.15, 0.2) is 18.2 Å². The third-order valence-electron chi connectivity index (χ3n) is 3.77. The molecule has 1 aliphatic heterocycles. The Morgan fingerprint density at radius 2 is 2.11 bits per heavy atom. The van der Waals surface area contributed by atoms with Crippen molar-refractivity contribution in [2.45, 2.75) is 38.7 Å². The van der Waals surface area contributed by atoms with Gasteiger partial charge in [-0.3, -0.25) is 4.79 Å². The van der Waals surface area contributed by atoms with E-state index in [1.807, 2.05) is 24.8 Å². The van der Waals surface area contributed by atoms with Crippen molar-refractivity contribution >= 4 is 17.5 Å². The number of benzene rings is 1. The molecule has 3 nitrogen and oxygen atoms in total. The van der Waals surface area contributed by atoms with Crippen LogP contribution in [0, 0.1) is 6.92 Å². The summed E-state index contributed by atoms with van der Waals surface area (Å²) in [6, 6.07) is 5.33. The van der Waals surface area contributed by atoms with Crippen LogP contribution >= 0.6 is 11.6 Å². The number of halogens is 1. The van der Waals surface area contributed by atoms with Crippen LogP contribution in [0.1, 0.15) is 42.1 Å². The van der Waals surface area contributed by atoms with Gasteiger partial charge in [-0.15, -0.1) is 0 Å². The Balaban J connectivity index is 2.15. The van der Waals surface area contributed by atoms with E-state index in [2.05, 4.69) is 0 Å². The molecule has 0 radical (unpaired) electrons. The van der Waals surface area contributed by atoms with Crippen LogP contribution in [-0.2, 0) is 0 Å². The number of hydrogen-bond donors (Lipinski definition) is 1. The van der Waals surface area contributed by atoms with E-state index in [0.717, 1.165) is 18.4 Å². The Labute approximate surface area is 119 Å². The predicted octanol–water partition coefficient (Wildman–Crippen LogP) is 3.03. The molecule has 1 atom stereocenters. The van der Waals surface area contributed by atoms with Crippen LogP contribution in [0.2, 0.25) is 5.02 Å². The molecule has 2 rings (SSSR count). The topological polar surface area (TPSA) is 40.5 Å². The number of aryl methyl sites for hydroxylation is 1. The van der Waals surface area contributed by atoms with E-state index in [4.69, 9.17) is 11.6 Å². The van der Waals surface area contributed by atoms with Gasteiger partial charge in [-0.25, -0.2) is 0 Å². The van der Waals surface area contributed by atoms with E-state index in [9.17, 15) is 9.90 Å². The Hall–Kier alpha value is -1.06. The summed E-state index contributed by atoms with van der Waals surface area (Å²) in [5.41, 5.74) is 0.948. The molecule has 19 heavy (non-hydrogen) atoms. The fraction of sp³-hybridized carbons (Fsp3) is 0.533. The highest BCUT2D eigenvalue weighted by Gasteiger charge is 2.27. The van der Waals surface area contributed by atoms with Gasteiger partial charge in [0, 0.05) is 23.7 Å². The van der Waals surface area contributed by atoms with Crippen molar-refractivity contribution in [1.82, 2.24) is 4.90 Å². The molecule has 0 spiro atoms. The van der Waals surface area contributed by atoms with Crippen molar-refractivity contribution in [1.29, 1.82) is 0 Å². The van der Waals surface area contributed by atoms with E-state index in [-0.39, 0.29) is 5.91 Å². The van der Waals surface area contributed by atoms with Gasteiger partial charge in [0.15, 0.2) is 0 Å². The molecule has 0 saturated carbocycles. The van der Waals surface area contributed by atoms with Gasteiger partial charge in [-0.05, 0) is 56.9 Å². The number of amides is 1. The van der Waals surface area contributed by atoms with Gasteiger partial charge in [-0.1, -0.05) is 11.6 Å². The van der Waals surface area contributed by atoms with Crippen LogP contribution < -0.4 is 0 Å². The molecule has 1 N–H and O–H groups in total. The summed E-state index contributed by atoms with van der Waals surface area (Å²) in [5.74, 6) is 0.0341. The summed E-state index contributed by atoms with van der Waals surface area (Å²) in [6.07, 6.45) is 2.22. The van der Waals surface area contributed by atoms with Crippen molar-refractivity contribution in [2.75, 3.05) is 13.1 Å². The zero-order chi connectivity index (χ0) is 14.0. The number of nitrogens with zero attached hydrogens (tertiary/aromatic N) is 1. The molecule has 104 valence electrons. The molecule has 1 saturated heterocycles. The monoisotopic (exact) mass is 281 g/mol. The maximum atomic E-state index is 12.5. The lowest BCUT2D eigenvalue weighted by Crippen LogP contribution is -2.33. The normalized spacial score (nSPS) is 24.1. The van der Waals surface area contributed by atoms with E-state index < -0.39 is 5.60 Å². The van der Waals surface area contributed by atoms with Gasteiger partial charge < -0.3 is 10.0 Å². The minimum absolute atomic E-state index is 0.0341. The average Bonchev–Trinajstić information content (AvgIpc) is 2.49. The first-order chi connectivity index (χ1) is 8.89. The first-order valence-corrected chi connectivity index (χ1v) is 7.05. The van der Waals surface area contributed by atoms with Crippen molar-refractivity contribution < 1.29 is 9.90 Å². The number of rotatable bonds is 1. The van der Waals surface area contributed by atoms with E-state index in [1.54, 1.807) is 12.1 Å². The number of carbonyl (C=O) groups is 1. The lowest BCUT2D eigenvalue weighted by Gasteiger charge is -2.23. The Morgan fingerprint density at radius 3 is 2.79 bits per heavy atom. The summed E-state index contributed by atoms with van der Waals surface area (Å²) < 4.78 is 0. The molecule has 1 aliphatic rings. The zero-order valence-corrected chi connectivity index (χ0v) is 12.2. The smallest absolute Gasteiger partial charge is 0.254 e. The molecule has 1 fully saturated rings. The largest absolute Gasteiger partial charge is 0.390 e. The summed E-state index contributed by atoms with van der Waals surface area (Å²) in [5, 5.41) is 10.7. The SMILES string of the molecule is Cc1cc(Cl)ccc1C(=O)N1CCCC(C)(O)CC1. The van der Waals surface area contributed by atoms with Crippen LogP contribution in [0.4, 0.5) is 0 Å². The summed E-state index contributed by atoms with van der Waals surface area (Å²) in [6.45, 7) is 5.05. The fourth-order valence-corrected chi connectivity index (χ4v) is 2.73. The molecule has 0 bridgehead atoms. The molecule has 1 aromatic rings. The number of hydrogen-bond acceptors (Lipinski definition) is 2. The number of likely N-dealkylation sites (tertiary alicyclic amines) is 1. The lowest BCUT2D eigenvalue weighted by molar-refractivity contribution is 0.0438. The number of carbonyl (C=O) groups excluding carboxylic acids is 1. The van der Waals surface area contributed by atoms with Crippen molar-refractivity contribution in [3.8, 4) is 0 Å². The Bertz CT molecular complexity index is 485. The molecular weight excluding hydrogens is 262 g/mol. The fourth-order valence-electron chi connectivity index (χ4n) is 2.50. The minimum Gasteiger partial charge on any atom is -0.390 e. The predicted molar refractivity (Wildman–Crippen MR) is 76.6 cm³/mol. The van der Waals surface area contributed by atoms with Crippen LogP contribution in [0.5, 0.6) is 0 Å². The maximum Gasteiger partial charge on any atom is 0.254 e. The first kappa shape index (κ1) is 14.4. The third kappa shape index (κ3) is 3.48. The standard InChI is InChI=1S/C15H20ClNO2/c1-11-10-12(16)4-5-13(11)14(18)17-8-3-6-15(2,19)7-9-17/h4-5,10,19H,3,6-9H2,1-2H3. The first-order valence-electron chi connectivity index (χ1n) is 6.67. The van der Waals surface area contributed by atoms with Gasteiger partial charge in [0.25, 0.3) is 5.91 Å². The van der Waals surface area contributed by atoms with Gasteiger partial charge in [0.1, 0.15) is 0 Å². The molecule has 1 heterocycles. The van der Waals surface area contributed by atoms with Gasteiger partial charge in [0.2, 0.25) is 0 Å². The van der Waals surface area contributed by atoms with Gasteiger partial charge in [-0.2, -0.15) is 0 Å². The zero-order valence-electron chi connectivity index (χ0n) is 11.4. The average molecular weight is 282 g/mol. The van der Waals surface area contributed by atoms with Crippen molar-refractivity contribution in [3.63, 3.8) is 0 Å². The van der Waals surface area contributed by atoms with Crippen molar-refractivity contribution in [3.05, 3.63) is 34.3 Å². The second kappa shape index (κ2) is 5.51. The molecule has 0 aromatic heterocycles. The number of aliphatic hydroxyl groups is 1. The maximum absolute atomic E-state index is 12.5. The Kier molecular flexibility index (Phi) is 4.16. The molecular formula is C15H20ClNO2. The highest BCUT2D eigenvalue weighted by molar-refractivity contribution is 6.30. The second-order valence-corrected chi connectivity index (χ2v) is 6.04. The van der Waals surface area contributed by atoms with Gasteiger partial charge >= 0.3 is 0 Å². The minimum atomic E-state index is -0.649. The molecule has 1 aromatic carbocycles. The second-order valence-electron chi connectivity index (χ2n) is 5.60. The van der Waals surface area contributed by atoms with Crippen LogP contribution in [0.3, 0.4) is 0 Å². The van der Waals surface area contributed by atoms with Crippen LogP contribution in [0.25, 0.3) is 0 Å². The quantitative estimate of drug-likeness (QED) is 0.860.